The molecule has 0 spiro atoms. The second-order valence-corrected chi connectivity index (χ2v) is 7.78. The highest BCUT2D eigenvalue weighted by molar-refractivity contribution is 5.83. The van der Waals surface area contributed by atoms with E-state index in [2.05, 4.69) is 39.6 Å². The lowest BCUT2D eigenvalue weighted by atomic mass is 10.1. The Labute approximate surface area is 178 Å². The number of anilines is 2. The fourth-order valence-corrected chi connectivity index (χ4v) is 3.52. The summed E-state index contributed by atoms with van der Waals surface area (Å²) in [5, 5.41) is 21.0. The van der Waals surface area contributed by atoms with Gasteiger partial charge in [0.2, 0.25) is 5.82 Å². The van der Waals surface area contributed by atoms with Crippen molar-refractivity contribution >= 4 is 17.2 Å². The van der Waals surface area contributed by atoms with Crippen molar-refractivity contribution in [3.63, 3.8) is 0 Å². The van der Waals surface area contributed by atoms with Gasteiger partial charge in [-0.1, -0.05) is 5.21 Å². The van der Waals surface area contributed by atoms with Gasteiger partial charge in [-0.3, -0.25) is 4.68 Å². The van der Waals surface area contributed by atoms with Gasteiger partial charge < -0.3 is 9.88 Å². The minimum absolute atomic E-state index is 0.211. The molecule has 0 aromatic carbocycles. The molecule has 1 N–H and O–H groups in total. The van der Waals surface area contributed by atoms with Gasteiger partial charge in [-0.25, -0.2) is 19.2 Å². The van der Waals surface area contributed by atoms with Gasteiger partial charge in [-0.15, -0.1) is 10.2 Å². The Bertz CT molecular complexity index is 1380. The van der Waals surface area contributed by atoms with Crippen molar-refractivity contribution in [2.75, 3.05) is 5.32 Å². The molecule has 0 aliphatic carbocycles. The SMILES string of the molecule is Cc1c(-c2ccn(C)n2)cn2nc(-c3nccn3C)nc(Nc3cn(C(C)C)nn3)c12. The van der Waals surface area contributed by atoms with E-state index in [0.29, 0.717) is 23.3 Å². The van der Waals surface area contributed by atoms with Crippen molar-refractivity contribution in [1.29, 1.82) is 0 Å². The van der Waals surface area contributed by atoms with Crippen LogP contribution in [0.3, 0.4) is 0 Å². The summed E-state index contributed by atoms with van der Waals surface area (Å²) < 4.78 is 7.29. The Hall–Kier alpha value is -4.02. The highest BCUT2D eigenvalue weighted by Gasteiger charge is 2.20. The molecule has 5 aromatic rings. The molecule has 0 radical (unpaired) electrons. The Balaban J connectivity index is 1.70. The first kappa shape index (κ1) is 19.0. The number of rotatable bonds is 5. The van der Waals surface area contributed by atoms with Crippen LogP contribution >= 0.6 is 0 Å². The summed E-state index contributed by atoms with van der Waals surface area (Å²) >= 11 is 0. The van der Waals surface area contributed by atoms with Crippen LogP contribution in [0, 0.1) is 6.92 Å². The quantitative estimate of drug-likeness (QED) is 0.468. The third-order valence-electron chi connectivity index (χ3n) is 5.18. The van der Waals surface area contributed by atoms with Crippen molar-refractivity contribution in [3.05, 3.63) is 42.6 Å². The monoisotopic (exact) mass is 417 g/mol. The largest absolute Gasteiger partial charge is 0.331 e. The average molecular weight is 417 g/mol. The summed E-state index contributed by atoms with van der Waals surface area (Å²) in [5.74, 6) is 2.41. The first-order valence-corrected chi connectivity index (χ1v) is 9.97. The maximum Gasteiger partial charge on any atom is 0.218 e. The van der Waals surface area contributed by atoms with Crippen molar-refractivity contribution in [1.82, 2.24) is 48.9 Å². The summed E-state index contributed by atoms with van der Waals surface area (Å²) in [6.07, 6.45) is 9.35. The molecule has 0 fully saturated rings. The molecule has 0 saturated carbocycles. The molecule has 158 valence electrons. The third-order valence-corrected chi connectivity index (χ3v) is 5.18. The Morgan fingerprint density at radius 3 is 2.55 bits per heavy atom. The minimum atomic E-state index is 0.211. The van der Waals surface area contributed by atoms with Crippen molar-refractivity contribution in [2.24, 2.45) is 14.1 Å². The van der Waals surface area contributed by atoms with Gasteiger partial charge in [-0.05, 0) is 32.4 Å². The molecule has 0 bridgehead atoms. The molecule has 5 rings (SSSR count). The van der Waals surface area contributed by atoms with E-state index in [-0.39, 0.29) is 6.04 Å². The molecule has 5 heterocycles. The van der Waals surface area contributed by atoms with Crippen molar-refractivity contribution in [3.8, 4) is 22.9 Å². The minimum Gasteiger partial charge on any atom is -0.331 e. The van der Waals surface area contributed by atoms with Gasteiger partial charge in [-0.2, -0.15) is 5.10 Å². The van der Waals surface area contributed by atoms with Crippen LogP contribution in [0.1, 0.15) is 25.5 Å². The van der Waals surface area contributed by atoms with Gasteiger partial charge in [0, 0.05) is 50.5 Å². The topological polar surface area (TPSA) is 109 Å². The van der Waals surface area contributed by atoms with Gasteiger partial charge in [0.25, 0.3) is 0 Å². The summed E-state index contributed by atoms with van der Waals surface area (Å²) in [4.78, 5) is 9.21. The van der Waals surface area contributed by atoms with E-state index < -0.39 is 0 Å². The molecule has 11 heteroatoms. The van der Waals surface area contributed by atoms with E-state index in [1.807, 2.05) is 61.0 Å². The molecule has 0 amide bonds. The summed E-state index contributed by atoms with van der Waals surface area (Å²) in [6, 6.07) is 2.19. The standard InChI is InChI=1S/C20H23N11/c1-12(2)30-11-16(24-27-30)22-18-17-13(3)14(15-6-8-29(5)25-15)10-31(17)26-19(23-18)20-21-7-9-28(20)4/h6-12H,1-5H3,(H,22,23,26). The smallest absolute Gasteiger partial charge is 0.218 e. The molecular weight excluding hydrogens is 394 g/mol. The van der Waals surface area contributed by atoms with Crippen LogP contribution < -0.4 is 5.32 Å². The Morgan fingerprint density at radius 2 is 1.90 bits per heavy atom. The zero-order valence-corrected chi connectivity index (χ0v) is 18.0. The molecule has 11 nitrogen and oxygen atoms in total. The lowest BCUT2D eigenvalue weighted by Gasteiger charge is -2.09. The molecule has 0 aliphatic heterocycles. The van der Waals surface area contributed by atoms with Crippen LogP contribution in [0.2, 0.25) is 0 Å². The van der Waals surface area contributed by atoms with Crippen LogP contribution in [0.15, 0.2) is 37.1 Å². The maximum atomic E-state index is 4.80. The molecule has 31 heavy (non-hydrogen) atoms. The molecule has 5 aromatic heterocycles. The maximum absolute atomic E-state index is 4.80. The summed E-state index contributed by atoms with van der Waals surface area (Å²) in [5.41, 5.74) is 3.73. The zero-order valence-electron chi connectivity index (χ0n) is 18.0. The second kappa shape index (κ2) is 7.04. The van der Waals surface area contributed by atoms with E-state index >= 15 is 0 Å². The van der Waals surface area contributed by atoms with Crippen LogP contribution in [-0.4, -0.2) is 48.9 Å². The van der Waals surface area contributed by atoms with Gasteiger partial charge in [0.05, 0.1) is 11.9 Å². The van der Waals surface area contributed by atoms with E-state index in [4.69, 9.17) is 10.1 Å². The van der Waals surface area contributed by atoms with Crippen LogP contribution in [0.25, 0.3) is 28.4 Å². The lowest BCUT2D eigenvalue weighted by Crippen LogP contribution is -2.06. The van der Waals surface area contributed by atoms with E-state index in [1.54, 1.807) is 15.6 Å². The number of hydrogen-bond donors (Lipinski definition) is 1. The van der Waals surface area contributed by atoms with Gasteiger partial charge >= 0.3 is 0 Å². The number of imidazole rings is 1. The van der Waals surface area contributed by atoms with Crippen molar-refractivity contribution in [2.45, 2.75) is 26.8 Å². The normalized spacial score (nSPS) is 11.7. The number of nitrogens with zero attached hydrogens (tertiary/aromatic N) is 10. The lowest BCUT2D eigenvalue weighted by molar-refractivity contribution is 0.514. The van der Waals surface area contributed by atoms with E-state index in [1.165, 1.54) is 0 Å². The molecular formula is C20H23N11. The highest BCUT2D eigenvalue weighted by Crippen LogP contribution is 2.32. The molecule has 0 atom stereocenters. The zero-order chi connectivity index (χ0) is 21.7. The van der Waals surface area contributed by atoms with Crippen LogP contribution in [0.5, 0.6) is 0 Å². The fourth-order valence-electron chi connectivity index (χ4n) is 3.52. The molecule has 0 aliphatic rings. The van der Waals surface area contributed by atoms with Crippen LogP contribution in [-0.2, 0) is 14.1 Å². The van der Waals surface area contributed by atoms with Crippen LogP contribution in [0.4, 0.5) is 11.6 Å². The fraction of sp³-hybridized carbons (Fsp3) is 0.300. The van der Waals surface area contributed by atoms with E-state index in [0.717, 1.165) is 22.3 Å². The first-order chi connectivity index (χ1) is 14.9. The second-order valence-electron chi connectivity index (χ2n) is 7.78. The predicted octanol–water partition coefficient (Wildman–Crippen LogP) is 2.75. The van der Waals surface area contributed by atoms with E-state index in [9.17, 15) is 0 Å². The average Bonchev–Trinajstić information content (AvgIpc) is 3.50. The first-order valence-electron chi connectivity index (χ1n) is 9.97. The summed E-state index contributed by atoms with van der Waals surface area (Å²) in [7, 11) is 3.82. The predicted molar refractivity (Wildman–Crippen MR) is 116 cm³/mol. The highest BCUT2D eigenvalue weighted by atomic mass is 15.5. The molecule has 0 unspecified atom stereocenters. The number of aromatic nitrogens is 10. The number of aryl methyl sites for hydroxylation is 3. The number of hydrogen-bond acceptors (Lipinski definition) is 7. The number of fused-ring (bicyclic) bond motifs is 1. The summed E-state index contributed by atoms with van der Waals surface area (Å²) in [6.45, 7) is 6.15. The Morgan fingerprint density at radius 1 is 1.06 bits per heavy atom. The van der Waals surface area contributed by atoms with Gasteiger partial charge in [0.15, 0.2) is 17.5 Å². The van der Waals surface area contributed by atoms with Gasteiger partial charge in [0.1, 0.15) is 5.52 Å². The Kier molecular flexibility index (Phi) is 4.31. The third kappa shape index (κ3) is 3.23. The number of nitrogens with one attached hydrogen (secondary N) is 1. The van der Waals surface area contributed by atoms with Crippen molar-refractivity contribution < 1.29 is 0 Å². The molecule has 0 saturated heterocycles.